The number of nitrogens with zero attached hydrogens (tertiary/aromatic N) is 2. The molecule has 0 unspecified atom stereocenters. The van der Waals surface area contributed by atoms with E-state index >= 15 is 0 Å². The number of nitrogens with one attached hydrogen (secondary N) is 1. The van der Waals surface area contributed by atoms with Crippen LogP contribution in [0.15, 0.2) is 24.3 Å². The fourth-order valence-corrected chi connectivity index (χ4v) is 2.93. The number of carbonyl (C=O) groups is 1. The van der Waals surface area contributed by atoms with Crippen LogP contribution in [0.5, 0.6) is 0 Å². The number of likely N-dealkylation sites (tertiary alicyclic amines) is 1. The lowest BCUT2D eigenvalue weighted by Crippen LogP contribution is -2.41. The highest BCUT2D eigenvalue weighted by atomic mass is 16.1. The normalized spacial score (nSPS) is 16.7. The highest BCUT2D eigenvalue weighted by Crippen LogP contribution is 2.16. The smallest absolute Gasteiger partial charge is 0.251 e. The van der Waals surface area contributed by atoms with Crippen LogP contribution in [0.4, 0.5) is 0 Å². The zero-order chi connectivity index (χ0) is 16.7. The quantitative estimate of drug-likeness (QED) is 0.792. The molecular formula is C18H30N4O. The minimum atomic E-state index is 0.00957. The summed E-state index contributed by atoms with van der Waals surface area (Å²) in [4.78, 5) is 17.0. The Bertz CT molecular complexity index is 496. The average molecular weight is 318 g/mol. The minimum Gasteiger partial charge on any atom is -0.352 e. The van der Waals surface area contributed by atoms with Crippen LogP contribution < -0.4 is 11.1 Å². The van der Waals surface area contributed by atoms with Crippen molar-refractivity contribution < 1.29 is 4.79 Å². The molecule has 1 aliphatic rings. The van der Waals surface area contributed by atoms with Crippen LogP contribution in [0.3, 0.4) is 0 Å². The van der Waals surface area contributed by atoms with Gasteiger partial charge in [0.1, 0.15) is 0 Å². The molecule has 0 radical (unpaired) electrons. The van der Waals surface area contributed by atoms with Gasteiger partial charge in [0.05, 0.1) is 0 Å². The van der Waals surface area contributed by atoms with Crippen molar-refractivity contribution in [3.63, 3.8) is 0 Å². The van der Waals surface area contributed by atoms with E-state index in [-0.39, 0.29) is 5.91 Å². The Morgan fingerprint density at radius 2 is 2.09 bits per heavy atom. The van der Waals surface area contributed by atoms with Crippen molar-refractivity contribution in [3.05, 3.63) is 35.4 Å². The minimum absolute atomic E-state index is 0.00957. The number of piperidine rings is 1. The third-order valence-electron chi connectivity index (χ3n) is 4.55. The number of benzene rings is 1. The Morgan fingerprint density at radius 1 is 1.35 bits per heavy atom. The molecule has 3 N–H and O–H groups in total. The van der Waals surface area contributed by atoms with E-state index in [1.54, 1.807) is 0 Å². The Hall–Kier alpha value is -1.43. The van der Waals surface area contributed by atoms with Crippen molar-refractivity contribution in [3.8, 4) is 0 Å². The van der Waals surface area contributed by atoms with Gasteiger partial charge in [-0.1, -0.05) is 12.1 Å². The molecule has 0 aliphatic carbocycles. The second kappa shape index (κ2) is 9.01. The molecule has 1 amide bonds. The van der Waals surface area contributed by atoms with E-state index in [0.717, 1.165) is 51.1 Å². The largest absolute Gasteiger partial charge is 0.352 e. The molecule has 1 aliphatic heterocycles. The number of rotatable bonds is 7. The van der Waals surface area contributed by atoms with Gasteiger partial charge in [-0.15, -0.1) is 0 Å². The molecule has 0 aromatic heterocycles. The van der Waals surface area contributed by atoms with Crippen LogP contribution in [0, 0.1) is 5.92 Å². The first kappa shape index (κ1) is 17.9. The standard InChI is InChI=1S/C18H30N4O/c1-21(2)10-11-22-8-6-15(7-9-22)14-20-18(23)17-5-3-4-16(12-17)13-19/h3-5,12,15H,6-11,13-14,19H2,1-2H3,(H,20,23). The van der Waals surface area contributed by atoms with Gasteiger partial charge in [0.15, 0.2) is 0 Å². The molecule has 1 heterocycles. The van der Waals surface area contributed by atoms with Crippen LogP contribution in [0.2, 0.25) is 0 Å². The van der Waals surface area contributed by atoms with E-state index in [9.17, 15) is 4.79 Å². The maximum Gasteiger partial charge on any atom is 0.251 e. The molecule has 1 saturated heterocycles. The summed E-state index contributed by atoms with van der Waals surface area (Å²) in [6.07, 6.45) is 2.33. The number of hydrogen-bond donors (Lipinski definition) is 2. The lowest BCUT2D eigenvalue weighted by molar-refractivity contribution is 0.0935. The van der Waals surface area contributed by atoms with E-state index in [4.69, 9.17) is 5.73 Å². The van der Waals surface area contributed by atoms with Crippen molar-refractivity contribution in [2.45, 2.75) is 19.4 Å². The van der Waals surface area contributed by atoms with E-state index in [1.807, 2.05) is 24.3 Å². The Morgan fingerprint density at radius 3 is 2.74 bits per heavy atom. The second-order valence-electron chi connectivity index (χ2n) is 6.70. The van der Waals surface area contributed by atoms with Gasteiger partial charge in [-0.05, 0) is 63.6 Å². The van der Waals surface area contributed by atoms with E-state index in [1.165, 1.54) is 0 Å². The van der Waals surface area contributed by atoms with Gasteiger partial charge in [0.25, 0.3) is 5.91 Å². The molecule has 5 nitrogen and oxygen atoms in total. The molecule has 0 saturated carbocycles. The molecule has 5 heteroatoms. The average Bonchev–Trinajstić information content (AvgIpc) is 2.58. The first-order valence-electron chi connectivity index (χ1n) is 8.52. The Labute approximate surface area is 139 Å². The maximum atomic E-state index is 12.2. The van der Waals surface area contributed by atoms with Crippen LogP contribution in [0.25, 0.3) is 0 Å². The molecule has 23 heavy (non-hydrogen) atoms. The lowest BCUT2D eigenvalue weighted by atomic mass is 9.96. The second-order valence-corrected chi connectivity index (χ2v) is 6.70. The number of hydrogen-bond acceptors (Lipinski definition) is 4. The molecule has 0 spiro atoms. The van der Waals surface area contributed by atoms with E-state index in [2.05, 4.69) is 29.2 Å². The van der Waals surface area contributed by atoms with Crippen molar-refractivity contribution in [2.75, 3.05) is 46.8 Å². The maximum absolute atomic E-state index is 12.2. The van der Waals surface area contributed by atoms with Gasteiger partial charge < -0.3 is 20.9 Å². The third-order valence-corrected chi connectivity index (χ3v) is 4.55. The van der Waals surface area contributed by atoms with Gasteiger partial charge in [-0.2, -0.15) is 0 Å². The van der Waals surface area contributed by atoms with Crippen LogP contribution >= 0.6 is 0 Å². The number of amides is 1. The van der Waals surface area contributed by atoms with Gasteiger partial charge in [0, 0.05) is 31.7 Å². The summed E-state index contributed by atoms with van der Waals surface area (Å²) < 4.78 is 0. The van der Waals surface area contributed by atoms with Gasteiger partial charge in [0.2, 0.25) is 0 Å². The molecule has 0 bridgehead atoms. The number of likely N-dealkylation sites (N-methyl/N-ethyl adjacent to an activating group) is 1. The predicted molar refractivity (Wildman–Crippen MR) is 94.4 cm³/mol. The van der Waals surface area contributed by atoms with Crippen molar-refractivity contribution in [1.29, 1.82) is 0 Å². The molecule has 2 rings (SSSR count). The summed E-state index contributed by atoms with van der Waals surface area (Å²) in [5.74, 6) is 0.600. The third kappa shape index (κ3) is 5.94. The van der Waals surface area contributed by atoms with Crippen LogP contribution in [-0.2, 0) is 6.54 Å². The SMILES string of the molecule is CN(C)CCN1CCC(CNC(=O)c2cccc(CN)c2)CC1. The Balaban J connectivity index is 1.71. The van der Waals surface area contributed by atoms with E-state index < -0.39 is 0 Å². The fourth-order valence-electron chi connectivity index (χ4n) is 2.93. The Kier molecular flexibility index (Phi) is 7.02. The molecule has 1 fully saturated rings. The number of nitrogens with two attached hydrogens (primary N) is 1. The zero-order valence-corrected chi connectivity index (χ0v) is 14.4. The van der Waals surface area contributed by atoms with Crippen molar-refractivity contribution in [1.82, 2.24) is 15.1 Å². The summed E-state index contributed by atoms with van der Waals surface area (Å²) in [6.45, 7) is 5.75. The number of carbonyl (C=O) groups excluding carboxylic acids is 1. The monoisotopic (exact) mass is 318 g/mol. The zero-order valence-electron chi connectivity index (χ0n) is 14.4. The fraction of sp³-hybridized carbons (Fsp3) is 0.611. The summed E-state index contributed by atoms with van der Waals surface area (Å²) in [5.41, 5.74) is 7.32. The molecular weight excluding hydrogens is 288 g/mol. The summed E-state index contributed by atoms with van der Waals surface area (Å²) in [5, 5.41) is 3.08. The van der Waals surface area contributed by atoms with Crippen LogP contribution in [-0.4, -0.2) is 62.5 Å². The highest BCUT2D eigenvalue weighted by Gasteiger charge is 2.19. The van der Waals surface area contributed by atoms with Crippen molar-refractivity contribution in [2.24, 2.45) is 11.7 Å². The molecule has 1 aromatic carbocycles. The van der Waals surface area contributed by atoms with Gasteiger partial charge in [-0.3, -0.25) is 4.79 Å². The lowest BCUT2D eigenvalue weighted by Gasteiger charge is -2.32. The predicted octanol–water partition coefficient (Wildman–Crippen LogP) is 1.15. The van der Waals surface area contributed by atoms with Gasteiger partial charge >= 0.3 is 0 Å². The molecule has 0 atom stereocenters. The first-order valence-corrected chi connectivity index (χ1v) is 8.52. The first-order chi connectivity index (χ1) is 11.1. The summed E-state index contributed by atoms with van der Waals surface area (Å²) in [6, 6.07) is 7.55. The summed E-state index contributed by atoms with van der Waals surface area (Å²) >= 11 is 0. The topological polar surface area (TPSA) is 61.6 Å². The van der Waals surface area contributed by atoms with Gasteiger partial charge in [-0.25, -0.2) is 0 Å². The van der Waals surface area contributed by atoms with E-state index in [0.29, 0.717) is 18.0 Å². The van der Waals surface area contributed by atoms with Crippen LogP contribution in [0.1, 0.15) is 28.8 Å². The molecule has 128 valence electrons. The highest BCUT2D eigenvalue weighted by molar-refractivity contribution is 5.94. The molecule has 1 aromatic rings. The summed E-state index contributed by atoms with van der Waals surface area (Å²) in [7, 11) is 4.23. The van der Waals surface area contributed by atoms with Crippen molar-refractivity contribution >= 4 is 5.91 Å².